The van der Waals surface area contributed by atoms with Gasteiger partial charge >= 0.3 is 0 Å². The van der Waals surface area contributed by atoms with E-state index in [1.807, 2.05) is 6.08 Å². The zero-order valence-electron chi connectivity index (χ0n) is 12.3. The highest BCUT2D eigenvalue weighted by atomic mass is 16.3. The summed E-state index contributed by atoms with van der Waals surface area (Å²) in [5, 5.41) is 11.1. The number of aromatic amines is 1. The summed E-state index contributed by atoms with van der Waals surface area (Å²) in [6, 6.07) is 7.14. The Morgan fingerprint density at radius 2 is 2.33 bits per heavy atom. The summed E-state index contributed by atoms with van der Waals surface area (Å²) in [6.45, 7) is 6.09. The number of benzene rings is 1. The zero-order chi connectivity index (χ0) is 14.4. The smallest absolute Gasteiger partial charge is 0.0471 e. The number of aliphatic hydroxyl groups excluding tert-OH is 1. The lowest BCUT2D eigenvalue weighted by molar-refractivity contribution is 0.0660. The number of aliphatic hydroxyl groups is 1. The fourth-order valence-electron chi connectivity index (χ4n) is 4.41. The van der Waals surface area contributed by atoms with Crippen molar-refractivity contribution in [2.75, 3.05) is 19.7 Å². The molecule has 1 aromatic carbocycles. The van der Waals surface area contributed by atoms with E-state index in [1.165, 1.54) is 22.0 Å². The first-order chi connectivity index (χ1) is 10.3. The first kappa shape index (κ1) is 13.1. The Balaban J connectivity index is 1.81. The maximum atomic E-state index is 9.66. The van der Waals surface area contributed by atoms with E-state index in [0.29, 0.717) is 17.9 Å². The van der Waals surface area contributed by atoms with Gasteiger partial charge in [0.2, 0.25) is 0 Å². The molecule has 3 nitrogen and oxygen atoms in total. The van der Waals surface area contributed by atoms with E-state index < -0.39 is 0 Å². The quantitative estimate of drug-likeness (QED) is 0.850. The van der Waals surface area contributed by atoms with Crippen molar-refractivity contribution in [2.24, 2.45) is 5.92 Å². The third-order valence-corrected chi connectivity index (χ3v) is 5.28. The Morgan fingerprint density at radius 3 is 3.14 bits per heavy atom. The number of hydrogen-bond acceptors (Lipinski definition) is 2. The van der Waals surface area contributed by atoms with Crippen LogP contribution in [-0.4, -0.2) is 40.7 Å². The molecule has 0 saturated carbocycles. The largest absolute Gasteiger partial charge is 0.396 e. The third kappa shape index (κ3) is 1.95. The van der Waals surface area contributed by atoms with Crippen molar-refractivity contribution in [3.8, 4) is 0 Å². The van der Waals surface area contributed by atoms with Gasteiger partial charge in [-0.1, -0.05) is 18.2 Å². The minimum Gasteiger partial charge on any atom is -0.396 e. The molecule has 4 rings (SSSR count). The van der Waals surface area contributed by atoms with Crippen LogP contribution in [0.25, 0.3) is 10.9 Å². The van der Waals surface area contributed by atoms with Crippen molar-refractivity contribution in [2.45, 2.75) is 24.8 Å². The summed E-state index contributed by atoms with van der Waals surface area (Å²) >= 11 is 0. The van der Waals surface area contributed by atoms with Gasteiger partial charge in [-0.15, -0.1) is 6.58 Å². The Kier molecular flexibility index (Phi) is 3.12. The highest BCUT2D eigenvalue weighted by Gasteiger charge is 2.40. The van der Waals surface area contributed by atoms with Gasteiger partial charge in [0.05, 0.1) is 0 Å². The molecule has 0 radical (unpaired) electrons. The van der Waals surface area contributed by atoms with Crippen LogP contribution in [0.1, 0.15) is 23.5 Å². The average molecular weight is 282 g/mol. The predicted octanol–water partition coefficient (Wildman–Crippen LogP) is 2.68. The number of likely N-dealkylation sites (tertiary alicyclic amines) is 1. The maximum absolute atomic E-state index is 9.66. The van der Waals surface area contributed by atoms with Gasteiger partial charge in [0.25, 0.3) is 0 Å². The predicted molar refractivity (Wildman–Crippen MR) is 85.5 cm³/mol. The number of H-pyrrole nitrogens is 1. The number of rotatable bonds is 3. The molecule has 0 unspecified atom stereocenters. The van der Waals surface area contributed by atoms with Crippen molar-refractivity contribution < 1.29 is 5.11 Å². The average Bonchev–Trinajstić information content (AvgIpc) is 2.93. The van der Waals surface area contributed by atoms with Crippen molar-refractivity contribution >= 4 is 10.9 Å². The van der Waals surface area contributed by atoms with Gasteiger partial charge in [0, 0.05) is 48.8 Å². The molecule has 2 N–H and O–H groups in total. The third-order valence-electron chi connectivity index (χ3n) is 5.28. The van der Waals surface area contributed by atoms with Crippen LogP contribution in [0.2, 0.25) is 0 Å². The summed E-state index contributed by atoms with van der Waals surface area (Å²) in [6.07, 6.45) is 6.37. The van der Waals surface area contributed by atoms with Gasteiger partial charge in [0.1, 0.15) is 0 Å². The molecule has 1 aromatic heterocycles. The minimum atomic E-state index is 0.285. The lowest BCUT2D eigenvalue weighted by Crippen LogP contribution is -2.50. The standard InChI is InChI=1S/C18H22N2O/c1-2-6-20-10-12(11-21)7-15-14-4-3-5-16-18(14)13(9-19-16)8-17(15)20/h2-5,9,12,15,17,19,21H,1,6-8,10-11H2/t12-,15-,17-/m1/s1. The van der Waals surface area contributed by atoms with E-state index >= 15 is 0 Å². The first-order valence-electron chi connectivity index (χ1n) is 7.86. The second-order valence-electron chi connectivity index (χ2n) is 6.49. The molecular weight excluding hydrogens is 260 g/mol. The summed E-state index contributed by atoms with van der Waals surface area (Å²) in [5.41, 5.74) is 4.16. The summed E-state index contributed by atoms with van der Waals surface area (Å²) in [5.74, 6) is 0.907. The topological polar surface area (TPSA) is 39.3 Å². The Bertz CT molecular complexity index is 675. The van der Waals surface area contributed by atoms with Crippen LogP contribution < -0.4 is 0 Å². The van der Waals surface area contributed by atoms with E-state index in [9.17, 15) is 5.11 Å². The highest BCUT2D eigenvalue weighted by Crippen LogP contribution is 2.44. The second kappa shape index (κ2) is 5.00. The van der Waals surface area contributed by atoms with Crippen LogP contribution in [0.3, 0.4) is 0 Å². The summed E-state index contributed by atoms with van der Waals surface area (Å²) in [7, 11) is 0. The van der Waals surface area contributed by atoms with Crippen LogP contribution in [0.15, 0.2) is 37.1 Å². The Hall–Kier alpha value is -1.58. The highest BCUT2D eigenvalue weighted by molar-refractivity contribution is 5.88. The number of nitrogens with zero attached hydrogens (tertiary/aromatic N) is 1. The number of nitrogens with one attached hydrogen (secondary N) is 1. The molecule has 110 valence electrons. The lowest BCUT2D eigenvalue weighted by atomic mass is 9.72. The SMILES string of the molecule is C=CCN1C[C@H](CO)C[C@@H]2c3cccc4[nH]cc(c34)C[C@H]21. The minimum absolute atomic E-state index is 0.285. The first-order valence-corrected chi connectivity index (χ1v) is 7.86. The molecule has 1 aliphatic carbocycles. The zero-order valence-corrected chi connectivity index (χ0v) is 12.3. The van der Waals surface area contributed by atoms with Crippen LogP contribution in [0.4, 0.5) is 0 Å². The lowest BCUT2D eigenvalue weighted by Gasteiger charge is -2.46. The van der Waals surface area contributed by atoms with E-state index in [-0.39, 0.29) is 6.61 Å². The molecule has 2 heterocycles. The normalized spacial score (nSPS) is 28.5. The van der Waals surface area contributed by atoms with Gasteiger partial charge in [-0.05, 0) is 36.0 Å². The molecule has 1 saturated heterocycles. The van der Waals surface area contributed by atoms with Crippen molar-refractivity contribution in [3.63, 3.8) is 0 Å². The molecule has 21 heavy (non-hydrogen) atoms. The van der Waals surface area contributed by atoms with Crippen LogP contribution in [-0.2, 0) is 6.42 Å². The molecule has 3 heteroatoms. The van der Waals surface area contributed by atoms with Gasteiger partial charge in [-0.2, -0.15) is 0 Å². The molecular formula is C18H22N2O. The van der Waals surface area contributed by atoms with E-state index in [2.05, 4.69) is 40.9 Å². The number of fused-ring (bicyclic) bond motifs is 2. The second-order valence-corrected chi connectivity index (χ2v) is 6.49. The Labute approximate surface area is 125 Å². The number of piperidine rings is 1. The van der Waals surface area contributed by atoms with Gasteiger partial charge in [-0.25, -0.2) is 0 Å². The molecule has 2 aromatic rings. The molecule has 0 bridgehead atoms. The number of aromatic nitrogens is 1. The van der Waals surface area contributed by atoms with Crippen molar-refractivity contribution in [1.82, 2.24) is 9.88 Å². The monoisotopic (exact) mass is 282 g/mol. The molecule has 1 aliphatic heterocycles. The van der Waals surface area contributed by atoms with Gasteiger partial charge in [-0.3, -0.25) is 4.90 Å². The van der Waals surface area contributed by atoms with Gasteiger partial charge < -0.3 is 10.1 Å². The fourth-order valence-corrected chi connectivity index (χ4v) is 4.41. The maximum Gasteiger partial charge on any atom is 0.0471 e. The fraction of sp³-hybridized carbons (Fsp3) is 0.444. The Morgan fingerprint density at radius 1 is 1.43 bits per heavy atom. The summed E-state index contributed by atoms with van der Waals surface area (Å²) < 4.78 is 0. The van der Waals surface area contributed by atoms with Crippen molar-refractivity contribution in [3.05, 3.63) is 48.2 Å². The van der Waals surface area contributed by atoms with Crippen molar-refractivity contribution in [1.29, 1.82) is 0 Å². The number of hydrogen-bond donors (Lipinski definition) is 2. The van der Waals surface area contributed by atoms with Crippen LogP contribution in [0, 0.1) is 5.92 Å². The van der Waals surface area contributed by atoms with Crippen LogP contribution >= 0.6 is 0 Å². The van der Waals surface area contributed by atoms with E-state index in [4.69, 9.17) is 0 Å². The molecule has 2 aliphatic rings. The summed E-state index contributed by atoms with van der Waals surface area (Å²) in [4.78, 5) is 5.92. The molecule has 0 spiro atoms. The molecule has 0 amide bonds. The van der Waals surface area contributed by atoms with Crippen LogP contribution in [0.5, 0.6) is 0 Å². The van der Waals surface area contributed by atoms with E-state index in [1.54, 1.807) is 0 Å². The van der Waals surface area contributed by atoms with Gasteiger partial charge in [0.15, 0.2) is 0 Å². The molecule has 3 atom stereocenters. The van der Waals surface area contributed by atoms with E-state index in [0.717, 1.165) is 25.9 Å². The molecule has 1 fully saturated rings.